The van der Waals surface area contributed by atoms with E-state index in [1.807, 2.05) is 0 Å². The van der Waals surface area contributed by atoms with Crippen molar-refractivity contribution in [2.24, 2.45) is 5.10 Å². The minimum atomic E-state index is -0.317. The monoisotopic (exact) mass is 412 g/mol. The fourth-order valence-corrected chi connectivity index (χ4v) is 4.03. The van der Waals surface area contributed by atoms with Gasteiger partial charge in [-0.25, -0.2) is 13.8 Å². The van der Waals surface area contributed by atoms with E-state index in [0.717, 1.165) is 49.6 Å². The summed E-state index contributed by atoms with van der Waals surface area (Å²) < 4.78 is 26.7. The van der Waals surface area contributed by atoms with E-state index < -0.39 is 0 Å². The second-order valence-corrected chi connectivity index (χ2v) is 7.77. The maximum Gasteiger partial charge on any atom is 0.257 e. The third-order valence-electron chi connectivity index (χ3n) is 5.87. The number of hydrogen-bond donors (Lipinski definition) is 0. The number of rotatable bonds is 5. The van der Waals surface area contributed by atoms with Gasteiger partial charge >= 0.3 is 0 Å². The summed E-state index contributed by atoms with van der Waals surface area (Å²) in [6.45, 7) is 7.07. The van der Waals surface area contributed by atoms with Gasteiger partial charge in [0, 0.05) is 32.6 Å². The number of piperazine rings is 1. The van der Waals surface area contributed by atoms with Gasteiger partial charge in [-0.2, -0.15) is 5.10 Å². The van der Waals surface area contributed by atoms with Gasteiger partial charge in [-0.05, 0) is 41.9 Å². The first kappa shape index (κ1) is 20.6. The van der Waals surface area contributed by atoms with Crippen LogP contribution in [0.1, 0.15) is 30.5 Å². The molecule has 0 aliphatic carbocycles. The van der Waals surface area contributed by atoms with E-state index >= 15 is 0 Å². The minimum Gasteiger partial charge on any atom is -0.301 e. The van der Waals surface area contributed by atoms with Crippen molar-refractivity contribution in [1.82, 2.24) is 14.8 Å². The van der Waals surface area contributed by atoms with Gasteiger partial charge in [-0.15, -0.1) is 0 Å². The van der Waals surface area contributed by atoms with Crippen LogP contribution in [0, 0.1) is 11.6 Å². The van der Waals surface area contributed by atoms with Gasteiger partial charge in [0.2, 0.25) is 0 Å². The molecule has 0 N–H and O–H groups in total. The molecule has 2 aromatic rings. The zero-order valence-electron chi connectivity index (χ0n) is 17.1. The number of hydrazone groups is 1. The normalized spacial score (nSPS) is 20.4. The smallest absolute Gasteiger partial charge is 0.257 e. The highest BCUT2D eigenvalue weighted by Gasteiger charge is 2.34. The van der Waals surface area contributed by atoms with Gasteiger partial charge in [0.05, 0.1) is 18.3 Å². The van der Waals surface area contributed by atoms with E-state index in [4.69, 9.17) is 0 Å². The zero-order chi connectivity index (χ0) is 21.1. The molecule has 2 heterocycles. The molecule has 0 spiro atoms. The van der Waals surface area contributed by atoms with E-state index in [9.17, 15) is 13.6 Å². The van der Waals surface area contributed by atoms with E-state index in [1.165, 1.54) is 29.3 Å². The number of halogens is 2. The number of benzene rings is 2. The fraction of sp³-hybridized carbons (Fsp3) is 0.391. The van der Waals surface area contributed by atoms with Crippen LogP contribution in [-0.2, 0) is 4.79 Å². The fourth-order valence-electron chi connectivity index (χ4n) is 4.03. The lowest BCUT2D eigenvalue weighted by Crippen LogP contribution is -2.49. The van der Waals surface area contributed by atoms with Gasteiger partial charge in [0.15, 0.2) is 0 Å². The molecule has 0 saturated carbocycles. The molecule has 158 valence electrons. The van der Waals surface area contributed by atoms with E-state index in [2.05, 4.69) is 21.8 Å². The molecule has 1 amide bonds. The van der Waals surface area contributed by atoms with Gasteiger partial charge in [-0.1, -0.05) is 31.2 Å². The number of likely N-dealkylation sites (N-methyl/N-ethyl adjacent to an activating group) is 1. The van der Waals surface area contributed by atoms with Crippen molar-refractivity contribution in [3.8, 4) is 0 Å². The number of carbonyl (C=O) groups is 1. The standard InChI is InChI=1S/C23H26F2N4O/c1-2-27-11-13-28(14-12-27)16-23(30)29-22(18-5-9-20(25)10-6-18)15-21(26-29)17-3-7-19(24)8-4-17/h3-10,22H,2,11-16H2,1H3. The summed E-state index contributed by atoms with van der Waals surface area (Å²) in [6.07, 6.45) is 0.507. The molecule has 5 nitrogen and oxygen atoms in total. The van der Waals surface area contributed by atoms with Gasteiger partial charge in [0.25, 0.3) is 5.91 Å². The Hall–Kier alpha value is -2.64. The Morgan fingerprint density at radius 1 is 0.933 bits per heavy atom. The molecule has 4 rings (SSSR count). The molecule has 2 aromatic carbocycles. The van der Waals surface area contributed by atoms with Crippen LogP contribution in [0.25, 0.3) is 0 Å². The first-order chi connectivity index (χ1) is 14.5. The third kappa shape index (κ3) is 4.57. The largest absolute Gasteiger partial charge is 0.301 e. The summed E-state index contributed by atoms with van der Waals surface area (Å²) in [5, 5.41) is 6.14. The molecule has 7 heteroatoms. The van der Waals surface area contributed by atoms with Gasteiger partial charge < -0.3 is 4.90 Å². The Morgan fingerprint density at radius 2 is 1.50 bits per heavy atom. The lowest BCUT2D eigenvalue weighted by molar-refractivity contribution is -0.134. The van der Waals surface area contributed by atoms with Crippen molar-refractivity contribution in [2.45, 2.75) is 19.4 Å². The predicted molar refractivity (Wildman–Crippen MR) is 112 cm³/mol. The average Bonchev–Trinajstić information content (AvgIpc) is 3.21. The Labute approximate surface area is 175 Å². The molecule has 1 saturated heterocycles. The highest BCUT2D eigenvalue weighted by atomic mass is 19.1. The molecule has 0 radical (unpaired) electrons. The molecular formula is C23H26F2N4O. The first-order valence-corrected chi connectivity index (χ1v) is 10.4. The molecule has 0 aromatic heterocycles. The Balaban J connectivity index is 1.54. The Morgan fingerprint density at radius 3 is 2.10 bits per heavy atom. The van der Waals surface area contributed by atoms with Gasteiger partial charge in [-0.3, -0.25) is 9.69 Å². The number of amides is 1. The van der Waals surface area contributed by atoms with Crippen molar-refractivity contribution in [1.29, 1.82) is 0 Å². The second kappa shape index (κ2) is 9.02. The van der Waals surface area contributed by atoms with Crippen molar-refractivity contribution < 1.29 is 13.6 Å². The van der Waals surface area contributed by atoms with E-state index in [-0.39, 0.29) is 23.6 Å². The summed E-state index contributed by atoms with van der Waals surface area (Å²) in [6, 6.07) is 12.0. The molecule has 2 aliphatic heterocycles. The van der Waals surface area contributed by atoms with E-state index in [1.54, 1.807) is 24.3 Å². The van der Waals surface area contributed by atoms with E-state index in [0.29, 0.717) is 13.0 Å². The van der Waals surface area contributed by atoms with Crippen LogP contribution < -0.4 is 0 Å². The van der Waals surface area contributed by atoms with Crippen LogP contribution in [0.5, 0.6) is 0 Å². The molecule has 1 atom stereocenters. The SMILES string of the molecule is CCN1CCN(CC(=O)N2N=C(c3ccc(F)cc3)CC2c2ccc(F)cc2)CC1. The highest BCUT2D eigenvalue weighted by molar-refractivity contribution is 6.03. The molecule has 1 unspecified atom stereocenters. The van der Waals surface area contributed by atoms with Crippen LogP contribution in [0.2, 0.25) is 0 Å². The molecular weight excluding hydrogens is 386 g/mol. The Kier molecular flexibility index (Phi) is 6.20. The summed E-state index contributed by atoms with van der Waals surface area (Å²) in [5.74, 6) is -0.707. The summed E-state index contributed by atoms with van der Waals surface area (Å²) in [5.41, 5.74) is 2.35. The lowest BCUT2D eigenvalue weighted by Gasteiger charge is -2.34. The summed E-state index contributed by atoms with van der Waals surface area (Å²) in [7, 11) is 0. The maximum atomic E-state index is 13.4. The third-order valence-corrected chi connectivity index (χ3v) is 5.87. The van der Waals surface area contributed by atoms with Crippen LogP contribution in [-0.4, -0.2) is 65.7 Å². The van der Waals surface area contributed by atoms with Crippen molar-refractivity contribution >= 4 is 11.6 Å². The predicted octanol–water partition coefficient (Wildman–Crippen LogP) is 3.28. The molecule has 30 heavy (non-hydrogen) atoms. The number of nitrogens with zero attached hydrogens (tertiary/aromatic N) is 4. The van der Waals surface area contributed by atoms with Crippen molar-refractivity contribution in [3.05, 3.63) is 71.3 Å². The second-order valence-electron chi connectivity index (χ2n) is 7.77. The molecule has 1 fully saturated rings. The highest BCUT2D eigenvalue weighted by Crippen LogP contribution is 2.33. The molecule has 0 bridgehead atoms. The van der Waals surface area contributed by atoms with Crippen LogP contribution in [0.15, 0.2) is 53.6 Å². The lowest BCUT2D eigenvalue weighted by atomic mass is 9.98. The van der Waals surface area contributed by atoms with Crippen molar-refractivity contribution in [3.63, 3.8) is 0 Å². The average molecular weight is 412 g/mol. The molecule has 2 aliphatic rings. The van der Waals surface area contributed by atoms with Crippen molar-refractivity contribution in [2.75, 3.05) is 39.3 Å². The topological polar surface area (TPSA) is 39.1 Å². The maximum absolute atomic E-state index is 13.4. The number of hydrogen-bond acceptors (Lipinski definition) is 4. The zero-order valence-corrected chi connectivity index (χ0v) is 17.1. The Bertz CT molecular complexity index is 906. The van der Waals surface area contributed by atoms with Crippen LogP contribution >= 0.6 is 0 Å². The summed E-state index contributed by atoms with van der Waals surface area (Å²) in [4.78, 5) is 17.7. The first-order valence-electron chi connectivity index (χ1n) is 10.4. The number of carbonyl (C=O) groups excluding carboxylic acids is 1. The van der Waals surface area contributed by atoms with Crippen LogP contribution in [0.3, 0.4) is 0 Å². The summed E-state index contributed by atoms with van der Waals surface area (Å²) >= 11 is 0. The van der Waals surface area contributed by atoms with Crippen LogP contribution in [0.4, 0.5) is 8.78 Å². The minimum absolute atomic E-state index is 0.0774. The van der Waals surface area contributed by atoms with Gasteiger partial charge in [0.1, 0.15) is 11.6 Å². The quantitative estimate of drug-likeness (QED) is 0.757.